The molecule has 0 unspecified atom stereocenters. The Morgan fingerprint density at radius 1 is 1.38 bits per heavy atom. The summed E-state index contributed by atoms with van der Waals surface area (Å²) in [7, 11) is 1.95. The van der Waals surface area contributed by atoms with Gasteiger partial charge in [-0.25, -0.2) is 0 Å². The molecule has 0 N–H and O–H groups in total. The van der Waals surface area contributed by atoms with E-state index in [1.54, 1.807) is 6.20 Å². The second-order valence-electron chi connectivity index (χ2n) is 3.50. The number of benzene rings is 1. The zero-order valence-electron chi connectivity index (χ0n) is 9.06. The van der Waals surface area contributed by atoms with Crippen LogP contribution in [0.15, 0.2) is 36.5 Å². The topological polar surface area (TPSA) is 27.1 Å². The van der Waals surface area contributed by atoms with Crippen molar-refractivity contribution in [3.8, 4) is 5.75 Å². The largest absolute Gasteiger partial charge is 0.493 e. The first-order chi connectivity index (χ1) is 7.75. The maximum Gasteiger partial charge on any atom is 0.120 e. The standard InChI is InChI=1S/C12H13IN2O/c1-15-11(5-7-14-15)6-8-16-12-4-2-3-10(13)9-12/h2-5,7,9H,6,8H2,1H3. The Kier molecular flexibility index (Phi) is 3.82. The molecule has 0 radical (unpaired) electrons. The highest BCUT2D eigenvalue weighted by Crippen LogP contribution is 2.14. The fourth-order valence-electron chi connectivity index (χ4n) is 1.48. The molecule has 0 fully saturated rings. The third-order valence-corrected chi connectivity index (χ3v) is 3.02. The van der Waals surface area contributed by atoms with Crippen molar-refractivity contribution in [1.82, 2.24) is 9.78 Å². The van der Waals surface area contributed by atoms with Crippen LogP contribution < -0.4 is 4.74 Å². The smallest absolute Gasteiger partial charge is 0.120 e. The number of hydrogen-bond acceptors (Lipinski definition) is 2. The summed E-state index contributed by atoms with van der Waals surface area (Å²) in [4.78, 5) is 0. The molecule has 0 spiro atoms. The summed E-state index contributed by atoms with van der Waals surface area (Å²) in [6.45, 7) is 0.680. The minimum absolute atomic E-state index is 0.680. The van der Waals surface area contributed by atoms with Gasteiger partial charge in [-0.1, -0.05) is 6.07 Å². The zero-order valence-corrected chi connectivity index (χ0v) is 11.2. The van der Waals surface area contributed by atoms with Crippen molar-refractivity contribution in [2.45, 2.75) is 6.42 Å². The van der Waals surface area contributed by atoms with Gasteiger partial charge in [-0.15, -0.1) is 0 Å². The van der Waals surface area contributed by atoms with Gasteiger partial charge in [0, 0.05) is 28.9 Å². The summed E-state index contributed by atoms with van der Waals surface area (Å²) in [6.07, 6.45) is 2.68. The van der Waals surface area contributed by atoms with Gasteiger partial charge in [-0.05, 0) is 46.9 Å². The Balaban J connectivity index is 1.87. The molecule has 0 aliphatic rings. The number of aromatic nitrogens is 2. The van der Waals surface area contributed by atoms with Gasteiger partial charge in [-0.3, -0.25) is 4.68 Å². The molecule has 1 aromatic carbocycles. The Hall–Kier alpha value is -1.04. The molecular weight excluding hydrogens is 315 g/mol. The van der Waals surface area contributed by atoms with Gasteiger partial charge >= 0.3 is 0 Å². The van der Waals surface area contributed by atoms with E-state index < -0.39 is 0 Å². The lowest BCUT2D eigenvalue weighted by Gasteiger charge is -2.06. The number of nitrogens with zero attached hydrogens (tertiary/aromatic N) is 2. The van der Waals surface area contributed by atoms with E-state index in [9.17, 15) is 0 Å². The van der Waals surface area contributed by atoms with Gasteiger partial charge in [0.25, 0.3) is 0 Å². The number of rotatable bonds is 4. The van der Waals surface area contributed by atoms with Crippen LogP contribution in [0.5, 0.6) is 5.75 Å². The van der Waals surface area contributed by atoms with Crippen LogP contribution in [0.3, 0.4) is 0 Å². The van der Waals surface area contributed by atoms with Crippen LogP contribution in [0.2, 0.25) is 0 Å². The van der Waals surface area contributed by atoms with Crippen molar-refractivity contribution in [2.75, 3.05) is 6.61 Å². The summed E-state index contributed by atoms with van der Waals surface area (Å²) in [5.74, 6) is 0.925. The van der Waals surface area contributed by atoms with Crippen LogP contribution in [-0.4, -0.2) is 16.4 Å². The molecule has 2 rings (SSSR count). The minimum atomic E-state index is 0.680. The van der Waals surface area contributed by atoms with Crippen LogP contribution in [0, 0.1) is 3.57 Å². The maximum absolute atomic E-state index is 5.67. The minimum Gasteiger partial charge on any atom is -0.493 e. The van der Waals surface area contributed by atoms with E-state index in [1.165, 1.54) is 9.26 Å². The van der Waals surface area contributed by atoms with E-state index in [4.69, 9.17) is 4.74 Å². The van der Waals surface area contributed by atoms with Crippen molar-refractivity contribution in [3.05, 3.63) is 45.8 Å². The average Bonchev–Trinajstić information content (AvgIpc) is 2.65. The lowest BCUT2D eigenvalue weighted by Crippen LogP contribution is -2.05. The fourth-order valence-corrected chi connectivity index (χ4v) is 1.99. The first-order valence-electron chi connectivity index (χ1n) is 5.11. The lowest BCUT2D eigenvalue weighted by atomic mass is 10.3. The molecule has 0 aliphatic heterocycles. The number of aryl methyl sites for hydroxylation is 1. The zero-order chi connectivity index (χ0) is 11.4. The predicted molar refractivity (Wildman–Crippen MR) is 71.6 cm³/mol. The van der Waals surface area contributed by atoms with Crippen molar-refractivity contribution < 1.29 is 4.74 Å². The van der Waals surface area contributed by atoms with Gasteiger partial charge in [0.15, 0.2) is 0 Å². The second kappa shape index (κ2) is 5.34. The summed E-state index contributed by atoms with van der Waals surface area (Å²) in [5, 5.41) is 4.12. The fraction of sp³-hybridized carbons (Fsp3) is 0.250. The molecule has 84 valence electrons. The van der Waals surface area contributed by atoms with Crippen LogP contribution in [0.4, 0.5) is 0 Å². The number of ether oxygens (including phenoxy) is 1. The molecule has 1 aromatic heterocycles. The summed E-state index contributed by atoms with van der Waals surface area (Å²) in [5.41, 5.74) is 1.19. The van der Waals surface area contributed by atoms with Crippen LogP contribution in [-0.2, 0) is 13.5 Å². The molecule has 3 nitrogen and oxygen atoms in total. The Morgan fingerprint density at radius 3 is 2.94 bits per heavy atom. The molecule has 16 heavy (non-hydrogen) atoms. The van der Waals surface area contributed by atoms with Crippen LogP contribution >= 0.6 is 22.6 Å². The molecule has 0 atom stereocenters. The molecule has 0 amide bonds. The number of hydrogen-bond donors (Lipinski definition) is 0. The highest BCUT2D eigenvalue weighted by atomic mass is 127. The van der Waals surface area contributed by atoms with Gasteiger partial charge < -0.3 is 4.74 Å². The Labute approximate surface area is 109 Å². The molecule has 0 bridgehead atoms. The third kappa shape index (κ3) is 2.98. The SMILES string of the molecule is Cn1nccc1CCOc1cccc(I)c1. The summed E-state index contributed by atoms with van der Waals surface area (Å²) in [6, 6.07) is 10.1. The van der Waals surface area contributed by atoms with E-state index in [1.807, 2.05) is 36.0 Å². The molecule has 0 saturated carbocycles. The van der Waals surface area contributed by atoms with Crippen molar-refractivity contribution in [2.24, 2.45) is 7.05 Å². The summed E-state index contributed by atoms with van der Waals surface area (Å²) >= 11 is 2.28. The average molecular weight is 328 g/mol. The first kappa shape index (κ1) is 11.4. The van der Waals surface area contributed by atoms with E-state index in [0.717, 1.165) is 12.2 Å². The molecule has 2 aromatic rings. The van der Waals surface area contributed by atoms with E-state index in [2.05, 4.69) is 33.8 Å². The normalized spacial score (nSPS) is 10.4. The lowest BCUT2D eigenvalue weighted by molar-refractivity contribution is 0.318. The summed E-state index contributed by atoms with van der Waals surface area (Å²) < 4.78 is 8.73. The van der Waals surface area contributed by atoms with Crippen molar-refractivity contribution >= 4 is 22.6 Å². The Morgan fingerprint density at radius 2 is 2.25 bits per heavy atom. The molecule has 0 aliphatic carbocycles. The van der Waals surface area contributed by atoms with Crippen LogP contribution in [0.1, 0.15) is 5.69 Å². The maximum atomic E-state index is 5.67. The van der Waals surface area contributed by atoms with Gasteiger partial charge in [0.2, 0.25) is 0 Å². The van der Waals surface area contributed by atoms with E-state index >= 15 is 0 Å². The quantitative estimate of drug-likeness (QED) is 0.807. The first-order valence-corrected chi connectivity index (χ1v) is 6.19. The van der Waals surface area contributed by atoms with E-state index in [0.29, 0.717) is 6.61 Å². The highest BCUT2D eigenvalue weighted by Gasteiger charge is 1.99. The monoisotopic (exact) mass is 328 g/mol. The van der Waals surface area contributed by atoms with Gasteiger partial charge in [0.05, 0.1) is 6.61 Å². The number of halogens is 1. The highest BCUT2D eigenvalue weighted by molar-refractivity contribution is 14.1. The third-order valence-electron chi connectivity index (χ3n) is 2.35. The molecular formula is C12H13IN2O. The Bertz CT molecular complexity index is 468. The van der Waals surface area contributed by atoms with E-state index in [-0.39, 0.29) is 0 Å². The van der Waals surface area contributed by atoms with Gasteiger partial charge in [-0.2, -0.15) is 5.10 Å². The predicted octanol–water partition coefficient (Wildman–Crippen LogP) is 2.65. The van der Waals surface area contributed by atoms with Crippen molar-refractivity contribution in [1.29, 1.82) is 0 Å². The molecule has 0 saturated heterocycles. The van der Waals surface area contributed by atoms with Crippen LogP contribution in [0.25, 0.3) is 0 Å². The molecule has 4 heteroatoms. The molecule has 1 heterocycles. The van der Waals surface area contributed by atoms with Gasteiger partial charge in [0.1, 0.15) is 5.75 Å². The van der Waals surface area contributed by atoms with Crippen molar-refractivity contribution in [3.63, 3.8) is 0 Å². The second-order valence-corrected chi connectivity index (χ2v) is 4.75.